The monoisotopic (exact) mass is 390 g/mol. The minimum absolute atomic E-state index is 0.155. The van der Waals surface area contributed by atoms with Crippen LogP contribution in [0.5, 0.6) is 11.5 Å². The third kappa shape index (κ3) is 4.93. The molecule has 6 nitrogen and oxygen atoms in total. The van der Waals surface area contributed by atoms with Crippen molar-refractivity contribution in [3.63, 3.8) is 0 Å². The van der Waals surface area contributed by atoms with Crippen molar-refractivity contribution in [3.8, 4) is 11.5 Å². The van der Waals surface area contributed by atoms with Gasteiger partial charge >= 0.3 is 0 Å². The molecule has 0 aliphatic carbocycles. The van der Waals surface area contributed by atoms with Gasteiger partial charge in [-0.05, 0) is 35.9 Å². The highest BCUT2D eigenvalue weighted by molar-refractivity contribution is 5.95. The SMILES string of the molecule is CN(Cc1ccccc1O)C(=O)c1cccc(COc2ccccc2C(N)=O)c1. The number of phenols is 1. The van der Waals surface area contributed by atoms with Crippen LogP contribution in [0.2, 0.25) is 0 Å². The standard InChI is InChI=1S/C23H22N2O4/c1-25(14-18-8-2-4-11-20(18)26)23(28)17-9-6-7-16(13-17)15-29-21-12-5-3-10-19(21)22(24)27/h2-13,26H,14-15H2,1H3,(H2,24,27). The number of ether oxygens (including phenoxy) is 1. The van der Waals surface area contributed by atoms with Crippen molar-refractivity contribution in [2.75, 3.05) is 7.05 Å². The van der Waals surface area contributed by atoms with Gasteiger partial charge in [-0.25, -0.2) is 0 Å². The molecule has 0 unspecified atom stereocenters. The average molecular weight is 390 g/mol. The first-order valence-corrected chi connectivity index (χ1v) is 9.08. The van der Waals surface area contributed by atoms with Crippen molar-refractivity contribution in [3.05, 3.63) is 95.1 Å². The molecule has 0 fully saturated rings. The lowest BCUT2D eigenvalue weighted by Crippen LogP contribution is -2.26. The molecule has 6 heteroatoms. The molecule has 0 heterocycles. The van der Waals surface area contributed by atoms with Gasteiger partial charge in [-0.1, -0.05) is 42.5 Å². The van der Waals surface area contributed by atoms with E-state index in [4.69, 9.17) is 10.5 Å². The van der Waals surface area contributed by atoms with E-state index in [0.717, 1.165) is 5.56 Å². The molecule has 3 rings (SSSR count). The van der Waals surface area contributed by atoms with Gasteiger partial charge in [0.2, 0.25) is 0 Å². The number of nitrogens with zero attached hydrogens (tertiary/aromatic N) is 1. The van der Waals surface area contributed by atoms with Gasteiger partial charge in [0.15, 0.2) is 0 Å². The number of benzene rings is 3. The first kappa shape index (κ1) is 19.9. The van der Waals surface area contributed by atoms with Gasteiger partial charge < -0.3 is 20.5 Å². The second-order valence-corrected chi connectivity index (χ2v) is 6.64. The van der Waals surface area contributed by atoms with Crippen molar-refractivity contribution < 1.29 is 19.4 Å². The van der Waals surface area contributed by atoms with E-state index in [1.165, 1.54) is 4.90 Å². The molecule has 0 aliphatic heterocycles. The lowest BCUT2D eigenvalue weighted by molar-refractivity contribution is 0.0784. The summed E-state index contributed by atoms with van der Waals surface area (Å²) in [5.41, 5.74) is 7.64. The highest BCUT2D eigenvalue weighted by atomic mass is 16.5. The molecule has 0 aromatic heterocycles. The van der Waals surface area contributed by atoms with E-state index in [1.807, 2.05) is 12.1 Å². The van der Waals surface area contributed by atoms with Crippen molar-refractivity contribution in [1.29, 1.82) is 0 Å². The number of aromatic hydroxyl groups is 1. The van der Waals surface area contributed by atoms with E-state index < -0.39 is 5.91 Å². The van der Waals surface area contributed by atoms with Crippen LogP contribution in [-0.4, -0.2) is 28.9 Å². The number of hydrogen-bond donors (Lipinski definition) is 2. The summed E-state index contributed by atoms with van der Waals surface area (Å²) in [6, 6.07) is 20.8. The molecule has 0 saturated carbocycles. The third-order valence-electron chi connectivity index (χ3n) is 4.47. The van der Waals surface area contributed by atoms with E-state index in [1.54, 1.807) is 67.7 Å². The molecule has 29 heavy (non-hydrogen) atoms. The van der Waals surface area contributed by atoms with Crippen molar-refractivity contribution in [1.82, 2.24) is 4.90 Å². The van der Waals surface area contributed by atoms with Crippen LogP contribution in [0.1, 0.15) is 31.8 Å². The highest BCUT2D eigenvalue weighted by Gasteiger charge is 2.14. The molecule has 148 valence electrons. The summed E-state index contributed by atoms with van der Waals surface area (Å²) in [5.74, 6) is -0.182. The Balaban J connectivity index is 1.70. The smallest absolute Gasteiger partial charge is 0.253 e. The van der Waals surface area contributed by atoms with E-state index in [-0.39, 0.29) is 24.8 Å². The average Bonchev–Trinajstić information content (AvgIpc) is 2.73. The van der Waals surface area contributed by atoms with Gasteiger partial charge in [-0.2, -0.15) is 0 Å². The second-order valence-electron chi connectivity index (χ2n) is 6.64. The Hall–Kier alpha value is -3.80. The van der Waals surface area contributed by atoms with Gasteiger partial charge in [0.25, 0.3) is 11.8 Å². The molecule has 0 atom stereocenters. The Kier molecular flexibility index (Phi) is 6.14. The molecule has 0 spiro atoms. The maximum atomic E-state index is 12.8. The highest BCUT2D eigenvalue weighted by Crippen LogP contribution is 2.20. The Labute approximate surface area is 169 Å². The fourth-order valence-corrected chi connectivity index (χ4v) is 2.94. The quantitative estimate of drug-likeness (QED) is 0.647. The Bertz CT molecular complexity index is 1030. The fourth-order valence-electron chi connectivity index (χ4n) is 2.94. The van der Waals surface area contributed by atoms with Crippen LogP contribution in [0.3, 0.4) is 0 Å². The lowest BCUT2D eigenvalue weighted by Gasteiger charge is -2.18. The van der Waals surface area contributed by atoms with E-state index in [2.05, 4.69) is 0 Å². The van der Waals surface area contributed by atoms with Crippen LogP contribution in [0.15, 0.2) is 72.8 Å². The maximum absolute atomic E-state index is 12.8. The molecule has 0 bridgehead atoms. The van der Waals surface area contributed by atoms with Gasteiger partial charge in [0.1, 0.15) is 18.1 Å². The normalized spacial score (nSPS) is 10.4. The number of primary amides is 1. The zero-order chi connectivity index (χ0) is 20.8. The molecule has 3 aromatic carbocycles. The lowest BCUT2D eigenvalue weighted by atomic mass is 10.1. The summed E-state index contributed by atoms with van der Waals surface area (Å²) in [5, 5.41) is 9.91. The Morgan fingerprint density at radius 2 is 1.72 bits per heavy atom. The molecule has 0 saturated heterocycles. The zero-order valence-corrected chi connectivity index (χ0v) is 16.0. The third-order valence-corrected chi connectivity index (χ3v) is 4.47. The van der Waals surface area contributed by atoms with E-state index in [0.29, 0.717) is 22.4 Å². The van der Waals surface area contributed by atoms with E-state index >= 15 is 0 Å². The fraction of sp³-hybridized carbons (Fsp3) is 0.130. The Morgan fingerprint density at radius 3 is 2.48 bits per heavy atom. The van der Waals surface area contributed by atoms with Crippen LogP contribution >= 0.6 is 0 Å². The zero-order valence-electron chi connectivity index (χ0n) is 16.0. The van der Waals surface area contributed by atoms with Gasteiger partial charge in [-0.3, -0.25) is 9.59 Å². The minimum Gasteiger partial charge on any atom is -0.508 e. The number of phenolic OH excluding ortho intramolecular Hbond substituents is 1. The second kappa shape index (κ2) is 8.93. The van der Waals surface area contributed by atoms with Crippen LogP contribution < -0.4 is 10.5 Å². The number of hydrogen-bond acceptors (Lipinski definition) is 4. The van der Waals surface area contributed by atoms with Crippen LogP contribution in [0, 0.1) is 0 Å². The topological polar surface area (TPSA) is 92.9 Å². The minimum atomic E-state index is -0.560. The van der Waals surface area contributed by atoms with Crippen molar-refractivity contribution in [2.45, 2.75) is 13.2 Å². The summed E-state index contributed by atoms with van der Waals surface area (Å²) in [6.07, 6.45) is 0. The van der Waals surface area contributed by atoms with Crippen molar-refractivity contribution in [2.24, 2.45) is 5.73 Å². The first-order chi connectivity index (χ1) is 14.0. The number of nitrogens with two attached hydrogens (primary N) is 1. The molecule has 3 N–H and O–H groups in total. The van der Waals surface area contributed by atoms with Gasteiger partial charge in [-0.15, -0.1) is 0 Å². The summed E-state index contributed by atoms with van der Waals surface area (Å²) in [7, 11) is 1.68. The first-order valence-electron chi connectivity index (χ1n) is 9.08. The van der Waals surface area contributed by atoms with Crippen LogP contribution in [0.4, 0.5) is 0 Å². The number of rotatable bonds is 7. The Morgan fingerprint density at radius 1 is 1.00 bits per heavy atom. The van der Waals surface area contributed by atoms with E-state index in [9.17, 15) is 14.7 Å². The number of amides is 2. The number of carbonyl (C=O) groups is 2. The molecule has 2 amide bonds. The molecule has 0 aliphatic rings. The van der Waals surface area contributed by atoms with Crippen LogP contribution in [-0.2, 0) is 13.2 Å². The van der Waals surface area contributed by atoms with Gasteiger partial charge in [0.05, 0.1) is 5.56 Å². The largest absolute Gasteiger partial charge is 0.508 e. The van der Waals surface area contributed by atoms with Gasteiger partial charge in [0, 0.05) is 24.7 Å². The van der Waals surface area contributed by atoms with Crippen molar-refractivity contribution >= 4 is 11.8 Å². The molecule has 3 aromatic rings. The summed E-state index contributed by atoms with van der Waals surface area (Å²) < 4.78 is 5.73. The summed E-state index contributed by atoms with van der Waals surface area (Å²) >= 11 is 0. The summed E-state index contributed by atoms with van der Waals surface area (Å²) in [4.78, 5) is 25.8. The maximum Gasteiger partial charge on any atom is 0.253 e. The number of carbonyl (C=O) groups excluding carboxylic acids is 2. The molecular formula is C23H22N2O4. The molecule has 0 radical (unpaired) electrons. The summed E-state index contributed by atoms with van der Waals surface area (Å²) in [6.45, 7) is 0.479. The van der Waals surface area contributed by atoms with Crippen LogP contribution in [0.25, 0.3) is 0 Å². The predicted octanol–water partition coefficient (Wildman–Crippen LogP) is 3.34. The molecular weight excluding hydrogens is 368 g/mol. The number of para-hydroxylation sites is 2. The predicted molar refractivity (Wildman–Crippen MR) is 110 cm³/mol.